The molecular weight excluding hydrogens is 394 g/mol. The number of nitrogens with zero attached hydrogens (tertiary/aromatic N) is 2. The molecule has 3 heterocycles. The molecule has 0 saturated carbocycles. The van der Waals surface area contributed by atoms with Gasteiger partial charge in [-0.25, -0.2) is 0 Å². The molecule has 4 rings (SSSR count). The summed E-state index contributed by atoms with van der Waals surface area (Å²) in [5, 5.41) is 3.10. The predicted octanol–water partition coefficient (Wildman–Crippen LogP) is 3.06. The summed E-state index contributed by atoms with van der Waals surface area (Å²) in [6, 6.07) is 11.1. The highest BCUT2D eigenvalue weighted by Crippen LogP contribution is 2.33. The third kappa shape index (κ3) is 5.48. The highest BCUT2D eigenvalue weighted by Gasteiger charge is 2.37. The van der Waals surface area contributed by atoms with E-state index < -0.39 is 5.79 Å². The number of ketones is 1. The maximum Gasteiger partial charge on any atom is 0.253 e. The number of pyridine rings is 1. The first kappa shape index (κ1) is 21.5. The third-order valence-corrected chi connectivity index (χ3v) is 5.87. The molecule has 1 unspecified atom stereocenters. The number of fused-ring (bicyclic) bond motifs is 1. The summed E-state index contributed by atoms with van der Waals surface area (Å²) in [6.07, 6.45) is 6.20. The molecule has 2 aromatic rings. The molecule has 1 saturated heterocycles. The second-order valence-corrected chi connectivity index (χ2v) is 8.37. The fourth-order valence-corrected chi connectivity index (χ4v) is 4.16. The van der Waals surface area contributed by atoms with Gasteiger partial charge in [0.05, 0.1) is 24.2 Å². The Bertz CT molecular complexity index is 912. The zero-order valence-corrected chi connectivity index (χ0v) is 17.9. The summed E-state index contributed by atoms with van der Waals surface area (Å²) >= 11 is 0. The van der Waals surface area contributed by atoms with Crippen LogP contribution in [-0.4, -0.2) is 59.6 Å². The van der Waals surface area contributed by atoms with Crippen molar-refractivity contribution < 1.29 is 19.1 Å². The number of benzene rings is 1. The second kappa shape index (κ2) is 9.58. The number of carbonyl (C=O) groups excluding carboxylic acids is 2. The van der Waals surface area contributed by atoms with E-state index in [0.717, 1.165) is 38.9 Å². The molecule has 1 aromatic carbocycles. The van der Waals surface area contributed by atoms with Crippen molar-refractivity contribution in [2.24, 2.45) is 0 Å². The van der Waals surface area contributed by atoms with Crippen LogP contribution in [0.2, 0.25) is 0 Å². The van der Waals surface area contributed by atoms with Gasteiger partial charge in [-0.15, -0.1) is 0 Å². The van der Waals surface area contributed by atoms with E-state index in [-0.39, 0.29) is 24.2 Å². The Balaban J connectivity index is 1.16. The van der Waals surface area contributed by atoms with Crippen molar-refractivity contribution in [3.63, 3.8) is 0 Å². The Morgan fingerprint density at radius 1 is 1.26 bits per heavy atom. The van der Waals surface area contributed by atoms with Crippen molar-refractivity contribution >= 4 is 11.7 Å². The molecule has 7 heteroatoms. The van der Waals surface area contributed by atoms with Crippen molar-refractivity contribution in [3.8, 4) is 5.75 Å². The average molecular weight is 424 g/mol. The highest BCUT2D eigenvalue weighted by molar-refractivity contribution is 6.00. The van der Waals surface area contributed by atoms with Crippen LogP contribution in [0.1, 0.15) is 53.3 Å². The van der Waals surface area contributed by atoms with Gasteiger partial charge in [-0.2, -0.15) is 0 Å². The molecule has 1 atom stereocenters. The fraction of sp³-hybridized carbons (Fsp3) is 0.458. The standard InChI is InChI=1S/C24H29N3O4/c1-24(16-21(28)20-7-2-3-8-22(20)31-24)30-15-5-12-27-13-9-19(10-14-27)26-23(29)18-6-4-11-25-17-18/h2-4,6-8,11,17,19H,5,9-10,12-16H2,1H3,(H,26,29). The van der Waals surface area contributed by atoms with E-state index in [2.05, 4.69) is 15.2 Å². The third-order valence-electron chi connectivity index (χ3n) is 5.87. The first-order valence-electron chi connectivity index (χ1n) is 10.9. The molecule has 1 amide bonds. The number of rotatable bonds is 7. The minimum absolute atomic E-state index is 0.0553. The number of Topliss-reactive ketones (excluding diaryl/α,β-unsaturated/α-hetero) is 1. The van der Waals surface area contributed by atoms with Gasteiger partial charge in [-0.3, -0.25) is 14.6 Å². The molecule has 31 heavy (non-hydrogen) atoms. The Morgan fingerprint density at radius 3 is 2.84 bits per heavy atom. The lowest BCUT2D eigenvalue weighted by molar-refractivity contribution is -0.171. The van der Waals surface area contributed by atoms with Gasteiger partial charge in [0.15, 0.2) is 5.78 Å². The summed E-state index contributed by atoms with van der Waals surface area (Å²) in [6.45, 7) is 5.17. The number of hydrogen-bond acceptors (Lipinski definition) is 6. The number of amides is 1. The number of para-hydroxylation sites is 1. The Labute approximate surface area is 182 Å². The number of likely N-dealkylation sites (tertiary alicyclic amines) is 1. The van der Waals surface area contributed by atoms with Gasteiger partial charge in [0.2, 0.25) is 5.79 Å². The van der Waals surface area contributed by atoms with Gasteiger partial charge in [-0.05, 0) is 43.5 Å². The zero-order chi connectivity index (χ0) is 21.7. The zero-order valence-electron chi connectivity index (χ0n) is 17.9. The van der Waals surface area contributed by atoms with Crippen LogP contribution in [-0.2, 0) is 4.74 Å². The summed E-state index contributed by atoms with van der Waals surface area (Å²) in [7, 11) is 0. The quantitative estimate of drug-likeness (QED) is 0.690. The minimum Gasteiger partial charge on any atom is -0.461 e. The second-order valence-electron chi connectivity index (χ2n) is 8.37. The molecule has 0 bridgehead atoms. The monoisotopic (exact) mass is 423 g/mol. The van der Waals surface area contributed by atoms with Crippen molar-refractivity contribution in [1.29, 1.82) is 0 Å². The average Bonchev–Trinajstić information content (AvgIpc) is 2.78. The first-order valence-corrected chi connectivity index (χ1v) is 10.9. The molecule has 1 N–H and O–H groups in total. The lowest BCUT2D eigenvalue weighted by Crippen LogP contribution is -2.45. The molecule has 0 radical (unpaired) electrons. The van der Waals surface area contributed by atoms with Gasteiger partial charge in [0, 0.05) is 45.0 Å². The molecule has 0 aliphatic carbocycles. The van der Waals surface area contributed by atoms with Crippen LogP contribution >= 0.6 is 0 Å². The van der Waals surface area contributed by atoms with Crippen LogP contribution in [0.5, 0.6) is 5.75 Å². The molecule has 1 fully saturated rings. The lowest BCUT2D eigenvalue weighted by Gasteiger charge is -2.35. The van der Waals surface area contributed by atoms with E-state index in [1.807, 2.05) is 25.1 Å². The molecule has 7 nitrogen and oxygen atoms in total. The summed E-state index contributed by atoms with van der Waals surface area (Å²) in [4.78, 5) is 31.0. The molecular formula is C24H29N3O4. The van der Waals surface area contributed by atoms with Crippen LogP contribution in [0.15, 0.2) is 48.8 Å². The molecule has 1 aromatic heterocycles. The van der Waals surface area contributed by atoms with Crippen LogP contribution in [0, 0.1) is 0 Å². The van der Waals surface area contributed by atoms with Crippen LogP contribution < -0.4 is 10.1 Å². The van der Waals surface area contributed by atoms with Crippen LogP contribution in [0.25, 0.3) is 0 Å². The van der Waals surface area contributed by atoms with Gasteiger partial charge in [-0.1, -0.05) is 12.1 Å². The molecule has 0 spiro atoms. The van der Waals surface area contributed by atoms with Crippen molar-refractivity contribution in [3.05, 3.63) is 59.9 Å². The van der Waals surface area contributed by atoms with Gasteiger partial charge in [0.25, 0.3) is 5.91 Å². The Kier molecular flexibility index (Phi) is 6.63. The Morgan fingerprint density at radius 2 is 2.06 bits per heavy atom. The van der Waals surface area contributed by atoms with E-state index in [9.17, 15) is 9.59 Å². The fourth-order valence-electron chi connectivity index (χ4n) is 4.16. The van der Waals surface area contributed by atoms with Gasteiger partial charge in [0.1, 0.15) is 5.75 Å². The number of hydrogen-bond donors (Lipinski definition) is 1. The summed E-state index contributed by atoms with van der Waals surface area (Å²) < 4.78 is 11.9. The SMILES string of the molecule is CC1(OCCCN2CCC(NC(=O)c3cccnc3)CC2)CC(=O)c2ccccc2O1. The number of nitrogens with one attached hydrogen (secondary N) is 1. The normalized spacial score (nSPS) is 21.9. The van der Waals surface area contributed by atoms with Gasteiger partial charge >= 0.3 is 0 Å². The predicted molar refractivity (Wildman–Crippen MR) is 116 cm³/mol. The lowest BCUT2D eigenvalue weighted by atomic mass is 9.99. The maximum absolute atomic E-state index is 12.4. The van der Waals surface area contributed by atoms with E-state index in [1.54, 1.807) is 30.6 Å². The largest absolute Gasteiger partial charge is 0.461 e. The smallest absolute Gasteiger partial charge is 0.253 e. The minimum atomic E-state index is -0.908. The first-order chi connectivity index (χ1) is 15.0. The number of ether oxygens (including phenoxy) is 2. The van der Waals surface area contributed by atoms with Crippen molar-refractivity contribution in [2.75, 3.05) is 26.2 Å². The van der Waals surface area contributed by atoms with Crippen LogP contribution in [0.3, 0.4) is 0 Å². The van der Waals surface area contributed by atoms with E-state index in [4.69, 9.17) is 9.47 Å². The highest BCUT2D eigenvalue weighted by atomic mass is 16.7. The maximum atomic E-state index is 12.4. The summed E-state index contributed by atoms with van der Waals surface area (Å²) in [5.41, 5.74) is 1.23. The number of piperidine rings is 1. The van der Waals surface area contributed by atoms with E-state index in [1.165, 1.54) is 0 Å². The molecule has 2 aliphatic rings. The summed E-state index contributed by atoms with van der Waals surface area (Å²) in [5.74, 6) is -0.317. The molecule has 164 valence electrons. The van der Waals surface area contributed by atoms with Crippen molar-refractivity contribution in [2.45, 2.75) is 44.4 Å². The van der Waals surface area contributed by atoms with Gasteiger partial charge < -0.3 is 19.7 Å². The topological polar surface area (TPSA) is 80.8 Å². The van der Waals surface area contributed by atoms with E-state index >= 15 is 0 Å². The van der Waals surface area contributed by atoms with E-state index in [0.29, 0.717) is 23.5 Å². The van der Waals surface area contributed by atoms with Crippen molar-refractivity contribution in [1.82, 2.24) is 15.2 Å². The number of carbonyl (C=O) groups is 2. The van der Waals surface area contributed by atoms with Crippen LogP contribution in [0.4, 0.5) is 0 Å². The molecule has 2 aliphatic heterocycles. The Hall–Kier alpha value is -2.77. The number of aromatic nitrogens is 1.